The van der Waals surface area contributed by atoms with E-state index in [1.165, 1.54) is 0 Å². The highest BCUT2D eigenvalue weighted by Crippen LogP contribution is 2.30. The molecule has 2 atom stereocenters. The Kier molecular flexibility index (Phi) is 6.46. The van der Waals surface area contributed by atoms with Crippen molar-refractivity contribution in [1.29, 1.82) is 0 Å². The molecular weight excluding hydrogens is 252 g/mol. The van der Waals surface area contributed by atoms with Crippen LogP contribution in [0, 0.1) is 17.3 Å². The maximum Gasteiger partial charge on any atom is 0.232 e. The number of nitrogens with zero attached hydrogens (tertiary/aromatic N) is 1. The molecule has 1 amide bonds. The Morgan fingerprint density at radius 1 is 1.25 bits per heavy atom. The van der Waals surface area contributed by atoms with Crippen molar-refractivity contribution < 1.29 is 9.53 Å². The first-order chi connectivity index (χ1) is 9.27. The van der Waals surface area contributed by atoms with Crippen LogP contribution in [-0.4, -0.2) is 43.2 Å². The van der Waals surface area contributed by atoms with Gasteiger partial charge in [-0.2, -0.15) is 0 Å². The molecule has 1 saturated heterocycles. The van der Waals surface area contributed by atoms with Crippen molar-refractivity contribution in [2.24, 2.45) is 23.0 Å². The zero-order valence-electron chi connectivity index (χ0n) is 13.8. The molecule has 0 aliphatic carbocycles. The summed E-state index contributed by atoms with van der Waals surface area (Å²) in [4.78, 5) is 14.9. The number of rotatable bonds is 7. The SMILES string of the molecule is CC(C)CCN(CCC(C)C)C(=O)C1(C)COCC1N. The summed E-state index contributed by atoms with van der Waals surface area (Å²) in [7, 11) is 0. The summed E-state index contributed by atoms with van der Waals surface area (Å²) in [6.45, 7) is 13.3. The molecule has 0 aromatic rings. The van der Waals surface area contributed by atoms with E-state index < -0.39 is 5.41 Å². The van der Waals surface area contributed by atoms with Crippen LogP contribution in [0.15, 0.2) is 0 Å². The van der Waals surface area contributed by atoms with Gasteiger partial charge >= 0.3 is 0 Å². The van der Waals surface area contributed by atoms with Crippen molar-refractivity contribution in [1.82, 2.24) is 4.90 Å². The summed E-state index contributed by atoms with van der Waals surface area (Å²) < 4.78 is 5.42. The van der Waals surface area contributed by atoms with E-state index in [0.717, 1.165) is 25.9 Å². The smallest absolute Gasteiger partial charge is 0.232 e. The van der Waals surface area contributed by atoms with E-state index in [2.05, 4.69) is 27.7 Å². The van der Waals surface area contributed by atoms with Crippen molar-refractivity contribution in [3.05, 3.63) is 0 Å². The molecular formula is C16H32N2O2. The molecule has 4 nitrogen and oxygen atoms in total. The van der Waals surface area contributed by atoms with Crippen LogP contribution in [0.2, 0.25) is 0 Å². The molecule has 0 bridgehead atoms. The number of amides is 1. The molecule has 4 heteroatoms. The number of hydrogen-bond donors (Lipinski definition) is 1. The number of hydrogen-bond acceptors (Lipinski definition) is 3. The second-order valence-electron chi connectivity index (χ2n) is 7.20. The van der Waals surface area contributed by atoms with Gasteiger partial charge in [0.2, 0.25) is 5.91 Å². The molecule has 20 heavy (non-hydrogen) atoms. The minimum atomic E-state index is -0.548. The van der Waals surface area contributed by atoms with Crippen molar-refractivity contribution in [3.63, 3.8) is 0 Å². The van der Waals surface area contributed by atoms with Gasteiger partial charge in [-0.3, -0.25) is 4.79 Å². The van der Waals surface area contributed by atoms with Gasteiger partial charge in [0.25, 0.3) is 0 Å². The molecule has 0 radical (unpaired) electrons. The van der Waals surface area contributed by atoms with Gasteiger partial charge in [0.1, 0.15) is 0 Å². The van der Waals surface area contributed by atoms with Crippen molar-refractivity contribution in [3.8, 4) is 0 Å². The first-order valence-electron chi connectivity index (χ1n) is 7.90. The van der Waals surface area contributed by atoms with Crippen LogP contribution in [0.5, 0.6) is 0 Å². The third-order valence-electron chi connectivity index (χ3n) is 4.25. The molecule has 0 saturated carbocycles. The molecule has 0 aromatic carbocycles. The van der Waals surface area contributed by atoms with Crippen LogP contribution >= 0.6 is 0 Å². The summed E-state index contributed by atoms with van der Waals surface area (Å²) in [5, 5.41) is 0. The van der Waals surface area contributed by atoms with Gasteiger partial charge in [0.15, 0.2) is 0 Å². The Balaban J connectivity index is 2.72. The maximum absolute atomic E-state index is 12.9. The van der Waals surface area contributed by atoms with Gasteiger partial charge in [-0.15, -0.1) is 0 Å². The quantitative estimate of drug-likeness (QED) is 0.780. The highest BCUT2D eigenvalue weighted by Gasteiger charge is 2.46. The van der Waals surface area contributed by atoms with E-state index in [9.17, 15) is 4.79 Å². The van der Waals surface area contributed by atoms with Crippen LogP contribution in [-0.2, 0) is 9.53 Å². The molecule has 118 valence electrons. The second-order valence-corrected chi connectivity index (χ2v) is 7.20. The fraction of sp³-hybridized carbons (Fsp3) is 0.938. The number of ether oxygens (including phenoxy) is 1. The molecule has 0 spiro atoms. The Morgan fingerprint density at radius 3 is 2.10 bits per heavy atom. The predicted molar refractivity (Wildman–Crippen MR) is 82.4 cm³/mol. The highest BCUT2D eigenvalue weighted by molar-refractivity contribution is 5.83. The third kappa shape index (κ3) is 4.45. The summed E-state index contributed by atoms with van der Waals surface area (Å²) in [6, 6.07) is -0.185. The Bertz CT molecular complexity index is 306. The van der Waals surface area contributed by atoms with Crippen molar-refractivity contribution >= 4 is 5.91 Å². The maximum atomic E-state index is 12.9. The number of carbonyl (C=O) groups excluding carboxylic acids is 1. The van der Waals surface area contributed by atoms with Gasteiger partial charge in [-0.1, -0.05) is 27.7 Å². The average Bonchev–Trinajstić information content (AvgIpc) is 2.69. The lowest BCUT2D eigenvalue weighted by molar-refractivity contribution is -0.142. The minimum Gasteiger partial charge on any atom is -0.379 e. The van der Waals surface area contributed by atoms with Crippen LogP contribution in [0.3, 0.4) is 0 Å². The standard InChI is InChI=1S/C16H32N2O2/c1-12(2)6-8-18(9-7-13(3)4)15(19)16(5)11-20-10-14(16)17/h12-14H,6-11,17H2,1-5H3. The normalized spacial score (nSPS) is 26.5. The summed E-state index contributed by atoms with van der Waals surface area (Å²) in [6.07, 6.45) is 2.08. The first kappa shape index (κ1) is 17.4. The van der Waals surface area contributed by atoms with Crippen LogP contribution in [0.4, 0.5) is 0 Å². The zero-order chi connectivity index (χ0) is 15.3. The number of carbonyl (C=O) groups is 1. The second kappa shape index (κ2) is 7.41. The van der Waals surface area contributed by atoms with E-state index >= 15 is 0 Å². The predicted octanol–water partition coefficient (Wildman–Crippen LogP) is 2.27. The fourth-order valence-electron chi connectivity index (χ4n) is 2.41. The van der Waals surface area contributed by atoms with E-state index in [1.54, 1.807) is 0 Å². The van der Waals surface area contributed by atoms with Crippen molar-refractivity contribution in [2.45, 2.75) is 53.5 Å². The molecule has 1 rings (SSSR count). The Hall–Kier alpha value is -0.610. The summed E-state index contributed by atoms with van der Waals surface area (Å²) >= 11 is 0. The van der Waals surface area contributed by atoms with E-state index in [0.29, 0.717) is 25.0 Å². The van der Waals surface area contributed by atoms with Gasteiger partial charge in [-0.05, 0) is 31.6 Å². The first-order valence-corrected chi connectivity index (χ1v) is 7.90. The van der Waals surface area contributed by atoms with Gasteiger partial charge in [-0.25, -0.2) is 0 Å². The number of nitrogens with two attached hydrogens (primary N) is 1. The van der Waals surface area contributed by atoms with Gasteiger partial charge in [0, 0.05) is 19.1 Å². The lowest BCUT2D eigenvalue weighted by Gasteiger charge is -2.34. The fourth-order valence-corrected chi connectivity index (χ4v) is 2.41. The highest BCUT2D eigenvalue weighted by atomic mass is 16.5. The van der Waals surface area contributed by atoms with Crippen LogP contribution in [0.25, 0.3) is 0 Å². The Morgan fingerprint density at radius 2 is 1.75 bits per heavy atom. The molecule has 1 aliphatic heterocycles. The molecule has 1 fully saturated rings. The minimum absolute atomic E-state index is 0.170. The monoisotopic (exact) mass is 284 g/mol. The summed E-state index contributed by atoms with van der Waals surface area (Å²) in [5.41, 5.74) is 5.54. The third-order valence-corrected chi connectivity index (χ3v) is 4.25. The Labute approximate surface area is 124 Å². The van der Waals surface area contributed by atoms with Gasteiger partial charge < -0.3 is 15.4 Å². The molecule has 1 heterocycles. The lowest BCUT2D eigenvalue weighted by Crippen LogP contribution is -2.52. The van der Waals surface area contributed by atoms with Gasteiger partial charge in [0.05, 0.1) is 18.6 Å². The molecule has 2 N–H and O–H groups in total. The zero-order valence-corrected chi connectivity index (χ0v) is 13.8. The van der Waals surface area contributed by atoms with Crippen LogP contribution < -0.4 is 5.73 Å². The largest absolute Gasteiger partial charge is 0.379 e. The lowest BCUT2D eigenvalue weighted by atomic mass is 9.84. The van der Waals surface area contributed by atoms with E-state index in [1.807, 2.05) is 11.8 Å². The average molecular weight is 284 g/mol. The molecule has 0 aromatic heterocycles. The molecule has 2 unspecified atom stereocenters. The topological polar surface area (TPSA) is 55.6 Å². The van der Waals surface area contributed by atoms with E-state index in [-0.39, 0.29) is 11.9 Å². The van der Waals surface area contributed by atoms with Crippen LogP contribution in [0.1, 0.15) is 47.5 Å². The summed E-state index contributed by atoms with van der Waals surface area (Å²) in [5.74, 6) is 1.38. The molecule has 1 aliphatic rings. The van der Waals surface area contributed by atoms with E-state index in [4.69, 9.17) is 10.5 Å². The van der Waals surface area contributed by atoms with Crippen molar-refractivity contribution in [2.75, 3.05) is 26.3 Å².